The number of allylic oxidation sites excluding steroid dienone is 3. The Kier molecular flexibility index (Phi) is 7.44. The van der Waals surface area contributed by atoms with E-state index in [2.05, 4.69) is 26.5 Å². The highest BCUT2D eigenvalue weighted by Gasteiger charge is 2.74. The molecule has 3 N–H and O–H groups in total. The molecule has 218 valence electrons. The molecular formula is C34H46O6. The average Bonchev–Trinajstić information content (AvgIpc) is 2.85. The molecule has 5 unspecified atom stereocenters. The Bertz CT molecular complexity index is 1270. The van der Waals surface area contributed by atoms with Gasteiger partial charge in [-0.15, -0.1) is 0 Å². The highest BCUT2D eigenvalue weighted by atomic mass is 16.5. The summed E-state index contributed by atoms with van der Waals surface area (Å²) >= 11 is 0. The number of carbonyl (C=O) groups is 2. The van der Waals surface area contributed by atoms with Crippen LogP contribution in [-0.4, -0.2) is 50.3 Å². The van der Waals surface area contributed by atoms with Crippen molar-refractivity contribution in [3.63, 3.8) is 0 Å². The molecule has 0 aromatic heterocycles. The first kappa shape index (κ1) is 30.4. The topological polar surface area (TPSA) is 104 Å². The van der Waals surface area contributed by atoms with Gasteiger partial charge in [0, 0.05) is 12.0 Å². The number of aliphatic hydroxyl groups is 3. The summed E-state index contributed by atoms with van der Waals surface area (Å²) in [5.41, 5.74) is -3.66. The van der Waals surface area contributed by atoms with Gasteiger partial charge >= 0.3 is 0 Å². The summed E-state index contributed by atoms with van der Waals surface area (Å²) in [5, 5.41) is 33.0. The quantitative estimate of drug-likeness (QED) is 0.303. The number of benzene rings is 1. The lowest BCUT2D eigenvalue weighted by atomic mass is 9.38. The summed E-state index contributed by atoms with van der Waals surface area (Å²) < 4.78 is 6.59. The van der Waals surface area contributed by atoms with E-state index in [1.54, 1.807) is 13.8 Å². The predicted molar refractivity (Wildman–Crippen MR) is 156 cm³/mol. The minimum absolute atomic E-state index is 0.0351. The van der Waals surface area contributed by atoms with Crippen molar-refractivity contribution in [3.8, 4) is 0 Å². The first-order valence-electron chi connectivity index (χ1n) is 14.3. The summed E-state index contributed by atoms with van der Waals surface area (Å²) in [4.78, 5) is 29.9. The maximum Gasteiger partial charge on any atom is 0.176 e. The van der Waals surface area contributed by atoms with E-state index in [4.69, 9.17) is 4.74 Å². The van der Waals surface area contributed by atoms with E-state index < -0.39 is 45.4 Å². The second-order valence-electron chi connectivity index (χ2n) is 14.1. The van der Waals surface area contributed by atoms with E-state index in [9.17, 15) is 20.1 Å². The Morgan fingerprint density at radius 1 is 1.15 bits per heavy atom. The van der Waals surface area contributed by atoms with Crippen LogP contribution in [-0.2, 0) is 14.3 Å². The molecule has 1 aliphatic heterocycles. The third-order valence-corrected chi connectivity index (χ3v) is 9.99. The third kappa shape index (κ3) is 4.34. The van der Waals surface area contributed by atoms with Gasteiger partial charge in [0.25, 0.3) is 0 Å². The lowest BCUT2D eigenvalue weighted by molar-refractivity contribution is -0.181. The molecule has 4 rings (SSSR count). The third-order valence-electron chi connectivity index (χ3n) is 9.99. The number of rotatable bonds is 7. The molecule has 6 heteroatoms. The van der Waals surface area contributed by atoms with E-state index in [0.29, 0.717) is 17.6 Å². The molecule has 2 bridgehead atoms. The second-order valence-corrected chi connectivity index (χ2v) is 14.1. The fourth-order valence-corrected chi connectivity index (χ4v) is 7.15. The van der Waals surface area contributed by atoms with Crippen LogP contribution in [0.5, 0.6) is 0 Å². The normalized spacial score (nSPS) is 31.7. The zero-order valence-corrected chi connectivity index (χ0v) is 25.3. The first-order valence-corrected chi connectivity index (χ1v) is 14.3. The molecule has 5 atom stereocenters. The highest BCUT2D eigenvalue weighted by molar-refractivity contribution is 6.24. The van der Waals surface area contributed by atoms with Crippen LogP contribution in [0.15, 0.2) is 59.9 Å². The van der Waals surface area contributed by atoms with Crippen LogP contribution < -0.4 is 0 Å². The second kappa shape index (κ2) is 9.78. The van der Waals surface area contributed by atoms with Gasteiger partial charge in [-0.1, -0.05) is 62.4 Å². The molecule has 1 fully saturated rings. The van der Waals surface area contributed by atoms with Crippen molar-refractivity contribution in [2.75, 3.05) is 0 Å². The molecule has 1 aromatic rings. The number of aliphatic hydroxyl groups excluding tert-OH is 2. The number of Topliss-reactive ketones (excluding diaryl/α,β-unsaturated/α-hetero) is 2. The van der Waals surface area contributed by atoms with Crippen molar-refractivity contribution < 1.29 is 29.6 Å². The Labute approximate surface area is 238 Å². The Balaban J connectivity index is 2.12. The number of ketones is 2. The van der Waals surface area contributed by atoms with Crippen LogP contribution in [0, 0.1) is 22.2 Å². The summed E-state index contributed by atoms with van der Waals surface area (Å²) in [5.74, 6) is -0.635. The highest BCUT2D eigenvalue weighted by Crippen LogP contribution is 2.71. The summed E-state index contributed by atoms with van der Waals surface area (Å²) in [7, 11) is 0. The molecule has 40 heavy (non-hydrogen) atoms. The minimum atomic E-state index is -1.61. The van der Waals surface area contributed by atoms with Crippen LogP contribution in [0.1, 0.15) is 86.6 Å². The minimum Gasteiger partial charge on any atom is -0.488 e. The van der Waals surface area contributed by atoms with E-state index in [0.717, 1.165) is 11.1 Å². The van der Waals surface area contributed by atoms with Crippen molar-refractivity contribution in [1.29, 1.82) is 0 Å². The molecule has 0 saturated heterocycles. The van der Waals surface area contributed by atoms with Crippen LogP contribution in [0.2, 0.25) is 0 Å². The number of carbonyl (C=O) groups excluding carboxylic acids is 2. The Hall–Kier alpha value is -2.54. The fourth-order valence-electron chi connectivity index (χ4n) is 7.15. The van der Waals surface area contributed by atoms with Gasteiger partial charge < -0.3 is 20.1 Å². The largest absolute Gasteiger partial charge is 0.488 e. The fraction of sp³-hybridized carbons (Fsp3) is 0.588. The number of hydrogen-bond donors (Lipinski definition) is 3. The van der Waals surface area contributed by atoms with E-state index in [1.165, 1.54) is 13.8 Å². The first-order chi connectivity index (χ1) is 18.3. The molecule has 1 heterocycles. The maximum absolute atomic E-state index is 15.3. The molecule has 6 nitrogen and oxygen atoms in total. The van der Waals surface area contributed by atoms with Crippen LogP contribution in [0.4, 0.5) is 0 Å². The van der Waals surface area contributed by atoms with Gasteiger partial charge in [-0.2, -0.15) is 0 Å². The molecule has 3 aliphatic rings. The van der Waals surface area contributed by atoms with Gasteiger partial charge in [-0.05, 0) is 83.3 Å². The molecule has 2 aliphatic carbocycles. The lowest BCUT2D eigenvalue weighted by Crippen LogP contribution is -2.69. The van der Waals surface area contributed by atoms with Crippen molar-refractivity contribution in [1.82, 2.24) is 0 Å². The molecule has 0 amide bonds. The van der Waals surface area contributed by atoms with Crippen molar-refractivity contribution in [3.05, 3.63) is 65.5 Å². The standard InChI is InChI=1S/C34H46O6/c1-20(2)15-16-23-18-33(19-26(36)31(6,7)39)27(37)24-17-25(35)32(8,9)40-28(24)34(29(33)38,30(23,4)5)21(3)22-13-11-10-12-14-22/h10-15,23,25-26,35-36,39H,3,16-19H2,1-2,4-9H3. The van der Waals surface area contributed by atoms with Gasteiger partial charge in [-0.3, -0.25) is 9.59 Å². The van der Waals surface area contributed by atoms with Crippen molar-refractivity contribution in [2.45, 2.75) is 104 Å². The predicted octanol–water partition coefficient (Wildman–Crippen LogP) is 5.56. The Morgan fingerprint density at radius 3 is 2.30 bits per heavy atom. The van der Waals surface area contributed by atoms with E-state index >= 15 is 4.79 Å². The molecule has 0 radical (unpaired) electrons. The van der Waals surface area contributed by atoms with Gasteiger partial charge in [0.1, 0.15) is 16.8 Å². The van der Waals surface area contributed by atoms with Gasteiger partial charge in [0.2, 0.25) is 0 Å². The van der Waals surface area contributed by atoms with E-state index in [1.807, 2.05) is 44.2 Å². The van der Waals surface area contributed by atoms with Crippen LogP contribution in [0.25, 0.3) is 5.57 Å². The summed E-state index contributed by atoms with van der Waals surface area (Å²) in [6.07, 6.45) is 0.479. The van der Waals surface area contributed by atoms with Crippen LogP contribution in [0.3, 0.4) is 0 Å². The summed E-state index contributed by atoms with van der Waals surface area (Å²) in [6, 6.07) is 9.50. The lowest BCUT2D eigenvalue weighted by Gasteiger charge is -2.64. The molecule has 1 saturated carbocycles. The molecule has 1 aromatic carbocycles. The number of fused-ring (bicyclic) bond motifs is 3. The monoisotopic (exact) mass is 550 g/mol. The maximum atomic E-state index is 15.3. The van der Waals surface area contributed by atoms with E-state index in [-0.39, 0.29) is 36.7 Å². The van der Waals surface area contributed by atoms with Crippen molar-refractivity contribution >= 4 is 17.1 Å². The summed E-state index contributed by atoms with van der Waals surface area (Å²) in [6.45, 7) is 19.2. The zero-order chi connectivity index (χ0) is 30.1. The molecule has 0 spiro atoms. The Morgan fingerprint density at radius 2 is 1.75 bits per heavy atom. The van der Waals surface area contributed by atoms with Gasteiger partial charge in [0.05, 0.1) is 23.2 Å². The van der Waals surface area contributed by atoms with Crippen LogP contribution >= 0.6 is 0 Å². The molecular weight excluding hydrogens is 504 g/mol. The number of ether oxygens (including phenoxy) is 1. The zero-order valence-electron chi connectivity index (χ0n) is 25.3. The SMILES string of the molecule is C=C(c1ccccc1)C12C(=O)C(CC(O)C(C)(C)O)(CC(CC=C(C)C)C1(C)C)C(=O)C1=C2OC(C)(C)C(O)C1. The smallest absolute Gasteiger partial charge is 0.176 e. The average molecular weight is 551 g/mol. The van der Waals surface area contributed by atoms with Gasteiger partial charge in [-0.25, -0.2) is 0 Å². The van der Waals surface area contributed by atoms with Crippen molar-refractivity contribution in [2.24, 2.45) is 22.2 Å². The number of hydrogen-bond acceptors (Lipinski definition) is 6. The van der Waals surface area contributed by atoms with Gasteiger partial charge in [0.15, 0.2) is 11.6 Å².